The summed E-state index contributed by atoms with van der Waals surface area (Å²) in [6.45, 7) is 3.93. The summed E-state index contributed by atoms with van der Waals surface area (Å²) < 4.78 is 0. The number of carboxylic acid groups (broad SMARTS) is 1. The highest BCUT2D eigenvalue weighted by atomic mass is 16.4. The molecular formula is C15H25NO2. The van der Waals surface area contributed by atoms with E-state index >= 15 is 0 Å². The molecule has 0 bridgehead atoms. The first-order chi connectivity index (χ1) is 8.66. The highest BCUT2D eigenvalue weighted by Crippen LogP contribution is 2.45. The van der Waals surface area contributed by atoms with Crippen molar-refractivity contribution >= 4 is 5.97 Å². The SMILES string of the molecule is CC(C(=O)O)C1CN(C(C2CCC2)C2CCC2)C1. The van der Waals surface area contributed by atoms with Gasteiger partial charge in [0.2, 0.25) is 0 Å². The molecule has 3 rings (SSSR count). The molecule has 0 spiro atoms. The van der Waals surface area contributed by atoms with Crippen LogP contribution >= 0.6 is 0 Å². The van der Waals surface area contributed by atoms with Crippen LogP contribution in [0.5, 0.6) is 0 Å². The number of carboxylic acids is 1. The molecule has 3 heteroatoms. The zero-order chi connectivity index (χ0) is 12.7. The molecule has 1 atom stereocenters. The summed E-state index contributed by atoms with van der Waals surface area (Å²) in [5, 5.41) is 9.06. The maximum Gasteiger partial charge on any atom is 0.306 e. The fourth-order valence-corrected chi connectivity index (χ4v) is 3.85. The smallest absolute Gasteiger partial charge is 0.306 e. The number of aliphatic carboxylic acids is 1. The topological polar surface area (TPSA) is 40.5 Å². The van der Waals surface area contributed by atoms with Gasteiger partial charge in [0.05, 0.1) is 5.92 Å². The Hall–Kier alpha value is -0.570. The predicted octanol–water partition coefficient (Wildman–Crippen LogP) is 2.61. The Labute approximate surface area is 110 Å². The monoisotopic (exact) mass is 251 g/mol. The molecule has 3 fully saturated rings. The average molecular weight is 251 g/mol. The van der Waals surface area contributed by atoms with Crippen molar-refractivity contribution in [2.24, 2.45) is 23.7 Å². The van der Waals surface area contributed by atoms with Gasteiger partial charge in [-0.1, -0.05) is 19.8 Å². The molecule has 18 heavy (non-hydrogen) atoms. The zero-order valence-corrected chi connectivity index (χ0v) is 11.3. The van der Waals surface area contributed by atoms with E-state index < -0.39 is 5.97 Å². The summed E-state index contributed by atoms with van der Waals surface area (Å²) >= 11 is 0. The second-order valence-electron chi connectivity index (χ2n) is 6.71. The predicted molar refractivity (Wildman–Crippen MR) is 70.3 cm³/mol. The molecule has 1 heterocycles. The van der Waals surface area contributed by atoms with Gasteiger partial charge in [0, 0.05) is 19.1 Å². The van der Waals surface area contributed by atoms with Crippen molar-refractivity contribution in [3.05, 3.63) is 0 Å². The third-order valence-electron chi connectivity index (χ3n) is 5.72. The molecule has 0 aromatic carbocycles. The van der Waals surface area contributed by atoms with E-state index in [-0.39, 0.29) is 5.92 Å². The summed E-state index contributed by atoms with van der Waals surface area (Å²) in [5.74, 6) is 1.46. The minimum atomic E-state index is -0.622. The van der Waals surface area contributed by atoms with Crippen molar-refractivity contribution in [2.45, 2.75) is 51.5 Å². The number of hydrogen-bond donors (Lipinski definition) is 1. The van der Waals surface area contributed by atoms with Gasteiger partial charge in [-0.2, -0.15) is 0 Å². The molecule has 2 aliphatic carbocycles. The summed E-state index contributed by atoms with van der Waals surface area (Å²) in [5.41, 5.74) is 0. The van der Waals surface area contributed by atoms with Gasteiger partial charge in [-0.25, -0.2) is 0 Å². The Morgan fingerprint density at radius 1 is 1.06 bits per heavy atom. The minimum absolute atomic E-state index is 0.162. The lowest BCUT2D eigenvalue weighted by molar-refractivity contribution is -0.147. The van der Waals surface area contributed by atoms with Crippen LogP contribution in [-0.2, 0) is 4.79 Å². The van der Waals surface area contributed by atoms with Crippen LogP contribution in [0.15, 0.2) is 0 Å². The summed E-state index contributed by atoms with van der Waals surface area (Å²) in [4.78, 5) is 13.6. The normalized spacial score (nSPS) is 28.6. The highest BCUT2D eigenvalue weighted by molar-refractivity contribution is 5.70. The molecule has 1 N–H and O–H groups in total. The first-order valence-corrected chi connectivity index (χ1v) is 7.63. The van der Waals surface area contributed by atoms with Crippen molar-refractivity contribution < 1.29 is 9.90 Å². The van der Waals surface area contributed by atoms with Gasteiger partial charge in [-0.15, -0.1) is 0 Å². The highest BCUT2D eigenvalue weighted by Gasteiger charge is 2.45. The summed E-state index contributed by atoms with van der Waals surface area (Å²) in [6, 6.07) is 0.796. The van der Waals surface area contributed by atoms with E-state index in [0.717, 1.165) is 31.0 Å². The summed E-state index contributed by atoms with van der Waals surface area (Å²) in [7, 11) is 0. The lowest BCUT2D eigenvalue weighted by atomic mass is 9.66. The van der Waals surface area contributed by atoms with E-state index in [1.54, 1.807) is 0 Å². The van der Waals surface area contributed by atoms with Gasteiger partial charge in [-0.05, 0) is 43.4 Å². The lowest BCUT2D eigenvalue weighted by Gasteiger charge is -2.54. The Bertz CT molecular complexity index is 302. The van der Waals surface area contributed by atoms with E-state index in [0.29, 0.717) is 5.92 Å². The second kappa shape index (κ2) is 4.84. The van der Waals surface area contributed by atoms with Crippen molar-refractivity contribution in [2.75, 3.05) is 13.1 Å². The standard InChI is InChI=1S/C15H25NO2/c1-10(15(17)18)13-8-16(9-13)14(11-4-2-5-11)12-6-3-7-12/h10-14H,2-9H2,1H3,(H,17,18). The van der Waals surface area contributed by atoms with Gasteiger partial charge < -0.3 is 5.11 Å². The molecule has 0 amide bonds. The quantitative estimate of drug-likeness (QED) is 0.816. The number of carbonyl (C=O) groups is 1. The Morgan fingerprint density at radius 3 is 1.89 bits per heavy atom. The molecule has 0 aromatic rings. The maximum absolute atomic E-state index is 11.0. The first kappa shape index (κ1) is 12.5. The number of nitrogens with zero attached hydrogens (tertiary/aromatic N) is 1. The molecule has 2 saturated carbocycles. The number of rotatable bonds is 5. The van der Waals surface area contributed by atoms with Gasteiger partial charge in [0.25, 0.3) is 0 Å². The fraction of sp³-hybridized carbons (Fsp3) is 0.933. The third-order valence-corrected chi connectivity index (χ3v) is 5.72. The first-order valence-electron chi connectivity index (χ1n) is 7.63. The Morgan fingerprint density at radius 2 is 1.56 bits per heavy atom. The van der Waals surface area contributed by atoms with E-state index in [1.807, 2.05) is 6.92 Å². The van der Waals surface area contributed by atoms with Gasteiger partial charge in [-0.3, -0.25) is 9.69 Å². The Balaban J connectivity index is 1.55. The van der Waals surface area contributed by atoms with Crippen LogP contribution in [0.4, 0.5) is 0 Å². The molecule has 0 aromatic heterocycles. The van der Waals surface area contributed by atoms with Crippen LogP contribution in [0.2, 0.25) is 0 Å². The largest absolute Gasteiger partial charge is 0.481 e. The van der Waals surface area contributed by atoms with Crippen LogP contribution in [0.3, 0.4) is 0 Å². The van der Waals surface area contributed by atoms with E-state index in [9.17, 15) is 4.79 Å². The molecule has 1 unspecified atom stereocenters. The average Bonchev–Trinajstić information content (AvgIpc) is 2.08. The van der Waals surface area contributed by atoms with Gasteiger partial charge >= 0.3 is 5.97 Å². The van der Waals surface area contributed by atoms with Crippen LogP contribution < -0.4 is 0 Å². The van der Waals surface area contributed by atoms with Crippen LogP contribution in [0, 0.1) is 23.7 Å². The van der Waals surface area contributed by atoms with Crippen molar-refractivity contribution in [3.63, 3.8) is 0 Å². The third kappa shape index (κ3) is 2.07. The van der Waals surface area contributed by atoms with E-state index in [4.69, 9.17) is 5.11 Å². The maximum atomic E-state index is 11.0. The fourth-order valence-electron chi connectivity index (χ4n) is 3.85. The minimum Gasteiger partial charge on any atom is -0.481 e. The van der Waals surface area contributed by atoms with E-state index in [2.05, 4.69) is 4.90 Å². The molecular weight excluding hydrogens is 226 g/mol. The van der Waals surface area contributed by atoms with Crippen LogP contribution in [0.25, 0.3) is 0 Å². The van der Waals surface area contributed by atoms with Crippen molar-refractivity contribution in [3.8, 4) is 0 Å². The van der Waals surface area contributed by atoms with Crippen LogP contribution in [0.1, 0.15) is 45.4 Å². The van der Waals surface area contributed by atoms with Gasteiger partial charge in [0.15, 0.2) is 0 Å². The molecule has 1 aliphatic heterocycles. The molecule has 1 saturated heterocycles. The second-order valence-corrected chi connectivity index (χ2v) is 6.71. The molecule has 0 radical (unpaired) electrons. The van der Waals surface area contributed by atoms with Crippen LogP contribution in [-0.4, -0.2) is 35.1 Å². The number of hydrogen-bond acceptors (Lipinski definition) is 2. The van der Waals surface area contributed by atoms with E-state index in [1.165, 1.54) is 38.5 Å². The van der Waals surface area contributed by atoms with Crippen molar-refractivity contribution in [1.82, 2.24) is 4.90 Å². The lowest BCUT2D eigenvalue weighted by Crippen LogP contribution is -2.60. The molecule has 3 nitrogen and oxygen atoms in total. The number of likely N-dealkylation sites (tertiary alicyclic amines) is 1. The zero-order valence-electron chi connectivity index (χ0n) is 11.3. The van der Waals surface area contributed by atoms with Gasteiger partial charge in [0.1, 0.15) is 0 Å². The molecule has 3 aliphatic rings. The summed E-state index contributed by atoms with van der Waals surface area (Å²) in [6.07, 6.45) is 8.48. The molecule has 102 valence electrons. The Kier molecular flexibility index (Phi) is 3.35. The van der Waals surface area contributed by atoms with Crippen molar-refractivity contribution in [1.29, 1.82) is 0 Å².